The first-order valence-electron chi connectivity index (χ1n) is 19.5. The molecular weight excluding hydrogens is 879 g/mol. The average molecular weight is 924 g/mol. The Hall–Kier alpha value is -7.00. The predicted octanol–water partition coefficient (Wildman–Crippen LogP) is 3.35. The van der Waals surface area contributed by atoms with E-state index in [9.17, 15) is 59.2 Å². The molecule has 64 heavy (non-hydrogen) atoms. The molecule has 338 valence electrons. The molecule has 6 atom stereocenters. The van der Waals surface area contributed by atoms with Crippen molar-refractivity contribution in [2.45, 2.75) is 75.9 Å². The molecule has 0 aromatic heterocycles. The van der Waals surface area contributed by atoms with Crippen LogP contribution in [0.15, 0.2) is 97.1 Å². The molecule has 4 aromatic carbocycles. The Morgan fingerprint density at radius 1 is 0.547 bits per heavy atom. The molecule has 8 N–H and O–H groups in total. The summed E-state index contributed by atoms with van der Waals surface area (Å²) >= 11 is 12.3. The number of halogens is 2. The highest BCUT2D eigenvalue weighted by atomic mass is 35.5. The first-order chi connectivity index (χ1) is 30.3. The Balaban J connectivity index is 1.40. The summed E-state index contributed by atoms with van der Waals surface area (Å²) in [5.41, 5.74) is 0.625. The van der Waals surface area contributed by atoms with Crippen LogP contribution in [0.25, 0.3) is 0 Å². The maximum Gasteiger partial charge on any atom is 0.271 e. The topological polar surface area (TPSA) is 301 Å². The number of aliphatic hydroxyl groups is 2. The van der Waals surface area contributed by atoms with Crippen LogP contribution in [0.4, 0.5) is 22.7 Å². The monoisotopic (exact) mass is 922 g/mol. The molecule has 0 bridgehead atoms. The van der Waals surface area contributed by atoms with Crippen LogP contribution in [0, 0.1) is 20.2 Å². The zero-order valence-corrected chi connectivity index (χ0v) is 35.7. The van der Waals surface area contributed by atoms with Gasteiger partial charge in [0.2, 0.25) is 35.4 Å². The van der Waals surface area contributed by atoms with Gasteiger partial charge < -0.3 is 42.1 Å². The van der Waals surface area contributed by atoms with Gasteiger partial charge in [-0.05, 0) is 37.1 Å². The molecule has 0 saturated carbocycles. The lowest BCUT2D eigenvalue weighted by Crippen LogP contribution is -2.57. The maximum atomic E-state index is 13.5. The summed E-state index contributed by atoms with van der Waals surface area (Å²) in [7, 11) is 0. The van der Waals surface area contributed by atoms with Crippen molar-refractivity contribution in [2.24, 2.45) is 0 Å². The molecule has 0 heterocycles. The van der Waals surface area contributed by atoms with Gasteiger partial charge in [-0.25, -0.2) is 0 Å². The Morgan fingerprint density at radius 2 is 0.891 bits per heavy atom. The average Bonchev–Trinajstić information content (AvgIpc) is 3.25. The minimum absolute atomic E-state index is 0.0149. The molecule has 4 aromatic rings. The van der Waals surface area contributed by atoms with Gasteiger partial charge in [0.25, 0.3) is 11.4 Å². The number of nitrogens with one attached hydrogen (secondary N) is 6. The van der Waals surface area contributed by atoms with E-state index in [4.69, 9.17) is 23.2 Å². The van der Waals surface area contributed by atoms with E-state index in [1.54, 1.807) is 60.7 Å². The van der Waals surface area contributed by atoms with Crippen LogP contribution < -0.4 is 31.9 Å². The quantitative estimate of drug-likeness (QED) is 0.0441. The fraction of sp³-hybridized carbons (Fsp3) is 0.286. The number of anilines is 2. The molecule has 0 fully saturated rings. The molecule has 2 unspecified atom stereocenters. The fourth-order valence-corrected chi connectivity index (χ4v) is 6.49. The number of carbonyl (C=O) groups is 6. The van der Waals surface area contributed by atoms with E-state index in [2.05, 4.69) is 31.9 Å². The van der Waals surface area contributed by atoms with Gasteiger partial charge in [-0.1, -0.05) is 83.9 Å². The van der Waals surface area contributed by atoms with Crippen LogP contribution in [-0.4, -0.2) is 91.9 Å². The van der Waals surface area contributed by atoms with Gasteiger partial charge in [0, 0.05) is 49.9 Å². The lowest BCUT2D eigenvalue weighted by atomic mass is 10.0. The molecule has 22 heteroatoms. The van der Waals surface area contributed by atoms with Gasteiger partial charge in [0.15, 0.2) is 0 Å². The summed E-state index contributed by atoms with van der Waals surface area (Å²) in [5.74, 6) is -5.29. The Labute approximate surface area is 375 Å². The summed E-state index contributed by atoms with van der Waals surface area (Å²) in [6.45, 7) is 2.41. The molecule has 6 amide bonds. The molecule has 0 spiro atoms. The van der Waals surface area contributed by atoms with Crippen molar-refractivity contribution in [3.05, 3.63) is 138 Å². The minimum atomic E-state index is -1.63. The summed E-state index contributed by atoms with van der Waals surface area (Å²) in [4.78, 5) is 101. The Morgan fingerprint density at radius 3 is 1.19 bits per heavy atom. The number of nitrogens with zero attached hydrogens (tertiary/aromatic N) is 2. The van der Waals surface area contributed by atoms with Gasteiger partial charge in [-0.2, -0.15) is 0 Å². The number of amides is 6. The van der Waals surface area contributed by atoms with Crippen molar-refractivity contribution < 1.29 is 48.8 Å². The van der Waals surface area contributed by atoms with Crippen LogP contribution in [0.2, 0.25) is 10.0 Å². The third-order valence-electron chi connectivity index (χ3n) is 9.42. The van der Waals surface area contributed by atoms with E-state index in [0.717, 1.165) is 24.3 Å². The third kappa shape index (κ3) is 14.8. The molecule has 0 radical (unpaired) electrons. The van der Waals surface area contributed by atoms with E-state index in [1.807, 2.05) is 0 Å². The van der Waals surface area contributed by atoms with Crippen LogP contribution in [0.3, 0.4) is 0 Å². The number of non-ortho nitro benzene ring substituents is 2. The van der Waals surface area contributed by atoms with Crippen molar-refractivity contribution in [2.75, 3.05) is 10.6 Å². The second-order valence-electron chi connectivity index (χ2n) is 14.4. The first-order valence-corrected chi connectivity index (χ1v) is 20.2. The lowest BCUT2D eigenvalue weighted by Gasteiger charge is -2.25. The smallest absolute Gasteiger partial charge is 0.271 e. The number of hydrogen-bond donors (Lipinski definition) is 8. The number of carbonyl (C=O) groups excluding carboxylic acids is 6. The Kier molecular flexibility index (Phi) is 18.2. The van der Waals surface area contributed by atoms with E-state index in [0.29, 0.717) is 11.1 Å². The van der Waals surface area contributed by atoms with Gasteiger partial charge in [-0.3, -0.25) is 49.0 Å². The molecule has 0 aliphatic carbocycles. The number of benzene rings is 4. The number of hydrogen-bond acceptors (Lipinski definition) is 12. The van der Waals surface area contributed by atoms with Crippen LogP contribution in [0.5, 0.6) is 0 Å². The highest BCUT2D eigenvalue weighted by Crippen LogP contribution is 2.28. The van der Waals surface area contributed by atoms with Gasteiger partial charge in [0.05, 0.1) is 43.5 Å². The van der Waals surface area contributed by atoms with Crippen LogP contribution in [-0.2, 0) is 41.6 Å². The van der Waals surface area contributed by atoms with E-state index >= 15 is 0 Å². The van der Waals surface area contributed by atoms with Crippen molar-refractivity contribution in [1.29, 1.82) is 0 Å². The number of nitro benzene ring substituents is 2. The molecule has 0 aliphatic rings. The highest BCUT2D eigenvalue weighted by Gasteiger charge is 2.33. The number of rotatable bonds is 21. The number of nitro groups is 2. The summed E-state index contributed by atoms with van der Waals surface area (Å²) in [6, 6.07) is 17.9. The zero-order chi connectivity index (χ0) is 47.1. The molecule has 4 rings (SSSR count). The second kappa shape index (κ2) is 23.4. The SMILES string of the molecule is CC(O)[C@H](NC(=O)CCC(=O)N[C@H](C(=O)N[C@@H](Cc1ccccc1)C(=O)Nc1ccc([N+](=O)[O-])cc1Cl)C(C)O)C(=O)N[C@@H](Cc1ccccc1)C(=O)Nc1ccc([N+](=O)[O-])cc1Cl. The molecular formula is C42H44Cl2N8O12. The third-order valence-corrected chi connectivity index (χ3v) is 10.0. The fourth-order valence-electron chi connectivity index (χ4n) is 6.05. The second-order valence-corrected chi connectivity index (χ2v) is 15.2. The van der Waals surface area contributed by atoms with Gasteiger partial charge in [-0.15, -0.1) is 0 Å². The summed E-state index contributed by atoms with van der Waals surface area (Å²) in [6.07, 6.45) is -4.29. The summed E-state index contributed by atoms with van der Waals surface area (Å²) in [5, 5.41) is 57.7. The Bertz CT molecular complexity index is 2190. The largest absolute Gasteiger partial charge is 0.391 e. The standard InChI is InChI=1S/C42H44Cl2N8O12/c1-23(53)37(41(59)47-33(19-25-9-5-3-6-10-25)39(57)45-31-15-13-27(51(61)62)21-29(31)43)49-35(55)17-18-36(56)50-38(24(2)54)42(60)48-34(20-26-11-7-4-8-12-26)40(58)46-32-16-14-28(52(63)64)22-30(32)44/h3-16,21-24,33-34,37-38,53-54H,17-20H2,1-2H3,(H,45,57)(H,46,58)(H,47,59)(H,48,60)(H,49,55)(H,50,56)/t23?,24?,33-,34-,37-,38-/m0/s1. The van der Waals surface area contributed by atoms with Crippen molar-refractivity contribution in [3.8, 4) is 0 Å². The normalized spacial score (nSPS) is 13.7. The van der Waals surface area contributed by atoms with E-state index in [1.165, 1.54) is 26.0 Å². The van der Waals surface area contributed by atoms with Crippen LogP contribution >= 0.6 is 23.2 Å². The molecule has 20 nitrogen and oxygen atoms in total. The molecule has 0 aliphatic heterocycles. The van der Waals surface area contributed by atoms with Crippen LogP contribution in [0.1, 0.15) is 37.8 Å². The van der Waals surface area contributed by atoms with E-state index < -0.39 is 94.5 Å². The number of aliphatic hydroxyl groups excluding tert-OH is 2. The summed E-state index contributed by atoms with van der Waals surface area (Å²) < 4.78 is 0. The van der Waals surface area contributed by atoms with E-state index in [-0.39, 0.29) is 45.6 Å². The van der Waals surface area contributed by atoms with Gasteiger partial charge >= 0.3 is 0 Å². The first kappa shape index (κ1) is 49.7. The van der Waals surface area contributed by atoms with Crippen molar-refractivity contribution in [1.82, 2.24) is 21.3 Å². The predicted molar refractivity (Wildman–Crippen MR) is 234 cm³/mol. The van der Waals surface area contributed by atoms with Gasteiger partial charge in [0.1, 0.15) is 24.2 Å². The maximum absolute atomic E-state index is 13.5. The van der Waals surface area contributed by atoms with Crippen molar-refractivity contribution >= 4 is 81.4 Å². The highest BCUT2D eigenvalue weighted by molar-refractivity contribution is 6.34. The lowest BCUT2D eigenvalue weighted by molar-refractivity contribution is -0.385. The molecule has 0 saturated heterocycles. The van der Waals surface area contributed by atoms with Crippen molar-refractivity contribution in [3.63, 3.8) is 0 Å². The zero-order valence-electron chi connectivity index (χ0n) is 34.2. The minimum Gasteiger partial charge on any atom is -0.391 e.